The molecule has 0 aromatic carbocycles. The molecule has 0 spiro atoms. The Labute approximate surface area is 110 Å². The number of aliphatic hydroxyl groups is 1. The Kier molecular flexibility index (Phi) is 3.18. The van der Waals surface area contributed by atoms with Gasteiger partial charge in [0.05, 0.1) is 5.41 Å². The van der Waals surface area contributed by atoms with Gasteiger partial charge in [0.15, 0.2) is 11.6 Å². The van der Waals surface area contributed by atoms with Crippen molar-refractivity contribution < 1.29 is 24.6 Å². The predicted octanol–water partition coefficient (Wildman–Crippen LogP) is 1.02. The van der Waals surface area contributed by atoms with Crippen LogP contribution in [0.2, 0.25) is 0 Å². The molecule has 0 amide bonds. The fourth-order valence-electron chi connectivity index (χ4n) is 2.77. The lowest BCUT2D eigenvalue weighted by Crippen LogP contribution is -2.25. The van der Waals surface area contributed by atoms with Crippen LogP contribution in [0.25, 0.3) is 0 Å². The molecule has 0 aliphatic heterocycles. The van der Waals surface area contributed by atoms with Crippen molar-refractivity contribution in [1.82, 2.24) is 0 Å². The van der Waals surface area contributed by atoms with E-state index in [-0.39, 0.29) is 37.4 Å². The van der Waals surface area contributed by atoms with Gasteiger partial charge in [0.1, 0.15) is 0 Å². The van der Waals surface area contributed by atoms with Gasteiger partial charge in [-0.1, -0.05) is 0 Å². The Balaban J connectivity index is 2.41. The van der Waals surface area contributed by atoms with E-state index in [4.69, 9.17) is 5.11 Å². The summed E-state index contributed by atoms with van der Waals surface area (Å²) in [6.45, 7) is 2.91. The number of ketones is 2. The highest BCUT2D eigenvalue weighted by atomic mass is 16.4. The Bertz CT molecular complexity index is 552. The summed E-state index contributed by atoms with van der Waals surface area (Å²) < 4.78 is 0. The first kappa shape index (κ1) is 13.7. The van der Waals surface area contributed by atoms with E-state index in [9.17, 15) is 19.5 Å². The Morgan fingerprint density at radius 2 is 1.74 bits per heavy atom. The van der Waals surface area contributed by atoms with Crippen molar-refractivity contribution in [2.45, 2.75) is 33.1 Å². The van der Waals surface area contributed by atoms with E-state index in [1.54, 1.807) is 13.8 Å². The number of carbonyl (C=O) groups excluding carboxylic acids is 2. The molecular formula is C14H16O5. The molecule has 0 heterocycles. The van der Waals surface area contributed by atoms with Gasteiger partial charge in [0.2, 0.25) is 0 Å². The fourth-order valence-corrected chi connectivity index (χ4v) is 2.77. The van der Waals surface area contributed by atoms with Crippen LogP contribution in [-0.2, 0) is 14.4 Å². The van der Waals surface area contributed by atoms with Gasteiger partial charge in [-0.05, 0) is 33.1 Å². The third-order valence-electron chi connectivity index (χ3n) is 3.99. The van der Waals surface area contributed by atoms with E-state index in [1.807, 2.05) is 0 Å². The summed E-state index contributed by atoms with van der Waals surface area (Å²) in [6, 6.07) is 0. The van der Waals surface area contributed by atoms with Crippen LogP contribution >= 0.6 is 0 Å². The van der Waals surface area contributed by atoms with Crippen molar-refractivity contribution in [2.24, 2.45) is 5.41 Å². The maximum absolute atomic E-state index is 12.3. The van der Waals surface area contributed by atoms with Crippen LogP contribution in [0.15, 0.2) is 22.3 Å². The molecule has 0 bridgehead atoms. The molecule has 2 aliphatic carbocycles. The lowest BCUT2D eigenvalue weighted by atomic mass is 9.85. The molecule has 2 rings (SSSR count). The summed E-state index contributed by atoms with van der Waals surface area (Å²) in [4.78, 5) is 35.8. The maximum Gasteiger partial charge on any atom is 0.310 e. The molecule has 2 N–H and O–H groups in total. The molecule has 0 saturated carbocycles. The molecule has 0 saturated heterocycles. The summed E-state index contributed by atoms with van der Waals surface area (Å²) in [5.74, 6) is -1.52. The molecule has 19 heavy (non-hydrogen) atoms. The van der Waals surface area contributed by atoms with E-state index >= 15 is 0 Å². The number of Topliss-reactive ketones (excluding diaryl/α,β-unsaturated/α-hetero) is 2. The zero-order valence-electron chi connectivity index (χ0n) is 10.9. The number of rotatable bonds is 3. The third kappa shape index (κ3) is 1.94. The largest absolute Gasteiger partial charge is 0.481 e. The second-order valence-electron chi connectivity index (χ2n) is 5.41. The molecule has 0 radical (unpaired) electrons. The zero-order valence-corrected chi connectivity index (χ0v) is 10.9. The number of allylic oxidation sites excluding steroid dienone is 3. The minimum atomic E-state index is -1.08. The van der Waals surface area contributed by atoms with Gasteiger partial charge in [-0.3, -0.25) is 14.4 Å². The van der Waals surface area contributed by atoms with Crippen LogP contribution in [0.1, 0.15) is 33.1 Å². The Hall–Kier alpha value is -1.75. The molecule has 102 valence electrons. The lowest BCUT2D eigenvalue weighted by Gasteiger charge is -2.17. The molecule has 0 fully saturated rings. The standard InChI is InChI=1S/C14H16O5/c1-7-8(3-4-15)12(17)10-6-14(2,13(18)19)5-9(10)11(7)16/h15H,3-6H2,1-2H3,(H,18,19)/t14-/m1/s1. The van der Waals surface area contributed by atoms with E-state index in [0.29, 0.717) is 22.3 Å². The predicted molar refractivity (Wildman–Crippen MR) is 66.4 cm³/mol. The van der Waals surface area contributed by atoms with Crippen LogP contribution < -0.4 is 0 Å². The molecule has 1 atom stereocenters. The quantitative estimate of drug-likeness (QED) is 0.742. The summed E-state index contributed by atoms with van der Waals surface area (Å²) in [6.07, 6.45) is 0.327. The van der Waals surface area contributed by atoms with E-state index < -0.39 is 11.4 Å². The smallest absolute Gasteiger partial charge is 0.310 e. The van der Waals surface area contributed by atoms with Crippen molar-refractivity contribution in [1.29, 1.82) is 0 Å². The Morgan fingerprint density at radius 1 is 1.21 bits per heavy atom. The van der Waals surface area contributed by atoms with Crippen LogP contribution in [-0.4, -0.2) is 34.4 Å². The number of hydrogen-bond acceptors (Lipinski definition) is 4. The monoisotopic (exact) mass is 264 g/mol. The average molecular weight is 264 g/mol. The normalized spacial score (nSPS) is 27.1. The van der Waals surface area contributed by atoms with Crippen molar-refractivity contribution in [3.63, 3.8) is 0 Å². The summed E-state index contributed by atoms with van der Waals surface area (Å²) in [5, 5.41) is 18.2. The first-order chi connectivity index (χ1) is 8.81. The topological polar surface area (TPSA) is 91.7 Å². The van der Waals surface area contributed by atoms with Gasteiger partial charge < -0.3 is 10.2 Å². The molecule has 2 aliphatic rings. The first-order valence-corrected chi connectivity index (χ1v) is 6.17. The first-order valence-electron chi connectivity index (χ1n) is 6.17. The fraction of sp³-hybridized carbons (Fsp3) is 0.500. The molecule has 0 unspecified atom stereocenters. The summed E-state index contributed by atoms with van der Waals surface area (Å²) in [7, 11) is 0. The Morgan fingerprint density at radius 3 is 2.21 bits per heavy atom. The van der Waals surface area contributed by atoms with Gasteiger partial charge in [0, 0.05) is 28.9 Å². The van der Waals surface area contributed by atoms with Crippen molar-refractivity contribution >= 4 is 17.5 Å². The van der Waals surface area contributed by atoms with Crippen molar-refractivity contribution in [2.75, 3.05) is 6.61 Å². The average Bonchev–Trinajstić information content (AvgIpc) is 2.72. The highest BCUT2D eigenvalue weighted by Crippen LogP contribution is 2.46. The van der Waals surface area contributed by atoms with Crippen LogP contribution in [0.4, 0.5) is 0 Å². The van der Waals surface area contributed by atoms with E-state index in [0.717, 1.165) is 0 Å². The minimum absolute atomic E-state index is 0.0877. The van der Waals surface area contributed by atoms with Gasteiger partial charge in [0.25, 0.3) is 0 Å². The van der Waals surface area contributed by atoms with Gasteiger partial charge >= 0.3 is 5.97 Å². The molecule has 0 aromatic heterocycles. The second kappa shape index (κ2) is 4.42. The second-order valence-corrected chi connectivity index (χ2v) is 5.41. The molecule has 5 heteroatoms. The zero-order chi connectivity index (χ0) is 14.4. The van der Waals surface area contributed by atoms with Crippen LogP contribution in [0, 0.1) is 5.41 Å². The number of aliphatic hydroxyl groups excluding tert-OH is 1. The maximum atomic E-state index is 12.3. The van der Waals surface area contributed by atoms with Gasteiger partial charge in [-0.25, -0.2) is 0 Å². The minimum Gasteiger partial charge on any atom is -0.481 e. The lowest BCUT2D eigenvalue weighted by molar-refractivity contribution is -0.147. The highest BCUT2D eigenvalue weighted by molar-refractivity contribution is 6.26. The van der Waals surface area contributed by atoms with Gasteiger partial charge in [-0.2, -0.15) is 0 Å². The number of carboxylic acids is 1. The van der Waals surface area contributed by atoms with Crippen LogP contribution in [0.3, 0.4) is 0 Å². The number of carboxylic acid groups (broad SMARTS) is 1. The summed E-state index contributed by atoms with van der Waals surface area (Å²) >= 11 is 0. The van der Waals surface area contributed by atoms with E-state index in [2.05, 4.69) is 0 Å². The molecule has 0 aromatic rings. The number of aliphatic carboxylic acids is 1. The van der Waals surface area contributed by atoms with Crippen LogP contribution in [0.5, 0.6) is 0 Å². The van der Waals surface area contributed by atoms with E-state index in [1.165, 1.54) is 0 Å². The highest BCUT2D eigenvalue weighted by Gasteiger charge is 2.47. The van der Waals surface area contributed by atoms with Gasteiger partial charge in [-0.15, -0.1) is 0 Å². The number of carbonyl (C=O) groups is 3. The molecule has 5 nitrogen and oxygen atoms in total. The summed E-state index contributed by atoms with van der Waals surface area (Å²) in [5.41, 5.74) is 0.247. The third-order valence-corrected chi connectivity index (χ3v) is 3.99. The molecular weight excluding hydrogens is 248 g/mol. The SMILES string of the molecule is CC1=C(CCO)C(=O)C2=C(C[C@@](C)(C(=O)O)C2)C1=O. The number of hydrogen-bond donors (Lipinski definition) is 2. The van der Waals surface area contributed by atoms with Crippen molar-refractivity contribution in [3.8, 4) is 0 Å². The van der Waals surface area contributed by atoms with Crippen molar-refractivity contribution in [3.05, 3.63) is 22.3 Å².